The number of halogens is 1. The van der Waals surface area contributed by atoms with Crippen molar-refractivity contribution < 1.29 is 98.7 Å². The van der Waals surface area contributed by atoms with Crippen LogP contribution in [0.2, 0.25) is 0 Å². The average molecular weight is 411 g/mol. The van der Waals surface area contributed by atoms with Crippen molar-refractivity contribution in [3.05, 3.63) is 0 Å². The topological polar surface area (TPSA) is 167 Å². The van der Waals surface area contributed by atoms with Crippen LogP contribution in [0.1, 0.15) is 0 Å². The van der Waals surface area contributed by atoms with Crippen molar-refractivity contribution in [3.63, 3.8) is 0 Å². The van der Waals surface area contributed by atoms with Gasteiger partial charge in [0.2, 0.25) is 0 Å². The molecule has 0 aliphatic heterocycles. The minimum Gasteiger partial charge on any atom is -0.549 e. The minimum absolute atomic E-state index is 0. The van der Waals surface area contributed by atoms with Gasteiger partial charge < -0.3 is 39.6 Å². The summed E-state index contributed by atoms with van der Waals surface area (Å²) in [4.78, 5) is 43.4. The molecular formula is C10H13CaClN2Na2O8. The van der Waals surface area contributed by atoms with Gasteiger partial charge in [0.1, 0.15) is 0 Å². The predicted octanol–water partition coefficient (Wildman–Crippen LogP) is -13.4. The van der Waals surface area contributed by atoms with E-state index in [0.29, 0.717) is 0 Å². The zero-order chi connectivity index (χ0) is 15.7. The summed E-state index contributed by atoms with van der Waals surface area (Å²) in [6.07, 6.45) is 0. The SMILES string of the molecule is Cl.O=C([O-])CN(CCN(CC(=O)[O-])CC(=O)[O-])CC(=O)[O-].[Ca+2].[Na+].[Na+]. The molecule has 0 N–H and O–H groups in total. The maximum Gasteiger partial charge on any atom is 2.00 e. The standard InChI is InChI=1S/C10H16N2O8.Ca.ClH.2Na/c13-7(14)3-11(4-8(15)16)1-2-12(5-9(17)18)6-10(19)20;;;;/h1-6H2,(H,13,14)(H,15,16)(H,17,18)(H,19,20);;1H;;/q;+2;;2*+1/p-4. The number of aliphatic carboxylic acids is 4. The Morgan fingerprint density at radius 2 is 0.750 bits per heavy atom. The van der Waals surface area contributed by atoms with Gasteiger partial charge >= 0.3 is 96.9 Å². The number of carbonyl (C=O) groups is 4. The molecule has 0 saturated carbocycles. The van der Waals surface area contributed by atoms with Crippen LogP contribution >= 0.6 is 12.4 Å². The van der Waals surface area contributed by atoms with Crippen LogP contribution in [0.5, 0.6) is 0 Å². The number of hydrogen-bond donors (Lipinski definition) is 0. The van der Waals surface area contributed by atoms with Crippen LogP contribution in [0.25, 0.3) is 0 Å². The number of carbonyl (C=O) groups excluding carboxylic acids is 4. The third kappa shape index (κ3) is 23.3. The van der Waals surface area contributed by atoms with E-state index < -0.39 is 50.1 Å². The summed E-state index contributed by atoms with van der Waals surface area (Å²) in [5, 5.41) is 41.6. The molecule has 0 unspecified atom stereocenters. The Hall–Kier alpha value is 1.35. The molecule has 0 radical (unpaired) electrons. The van der Waals surface area contributed by atoms with Gasteiger partial charge in [-0.2, -0.15) is 0 Å². The fourth-order valence-corrected chi connectivity index (χ4v) is 1.44. The van der Waals surface area contributed by atoms with Gasteiger partial charge in [-0.05, 0) is 0 Å². The van der Waals surface area contributed by atoms with E-state index in [1.54, 1.807) is 0 Å². The van der Waals surface area contributed by atoms with Gasteiger partial charge in [-0.15, -0.1) is 12.4 Å². The molecule has 0 aliphatic carbocycles. The normalized spacial score (nSPS) is 8.92. The van der Waals surface area contributed by atoms with Crippen molar-refractivity contribution in [1.29, 1.82) is 0 Å². The molecule has 0 aliphatic rings. The largest absolute Gasteiger partial charge is 2.00 e. The second-order valence-electron chi connectivity index (χ2n) is 3.91. The third-order valence-electron chi connectivity index (χ3n) is 2.14. The molecule has 0 aromatic carbocycles. The van der Waals surface area contributed by atoms with E-state index in [2.05, 4.69) is 0 Å². The molecule has 0 rings (SSSR count). The van der Waals surface area contributed by atoms with E-state index in [1.807, 2.05) is 0 Å². The smallest absolute Gasteiger partial charge is 0.549 e. The van der Waals surface area contributed by atoms with Crippen LogP contribution in [0, 0.1) is 0 Å². The first-order valence-corrected chi connectivity index (χ1v) is 5.44. The van der Waals surface area contributed by atoms with Crippen molar-refractivity contribution in [3.8, 4) is 0 Å². The third-order valence-corrected chi connectivity index (χ3v) is 2.14. The van der Waals surface area contributed by atoms with E-state index in [-0.39, 0.29) is 122 Å². The van der Waals surface area contributed by atoms with Gasteiger partial charge in [-0.1, -0.05) is 0 Å². The molecule has 0 spiro atoms. The number of carboxylic acid groups (broad SMARTS) is 4. The van der Waals surface area contributed by atoms with Crippen molar-refractivity contribution in [2.24, 2.45) is 0 Å². The Kier molecular flexibility index (Phi) is 31.2. The van der Waals surface area contributed by atoms with Gasteiger partial charge in [0.05, 0.1) is 23.9 Å². The van der Waals surface area contributed by atoms with Crippen LogP contribution < -0.4 is 79.5 Å². The number of hydrogen-bond acceptors (Lipinski definition) is 10. The van der Waals surface area contributed by atoms with Crippen molar-refractivity contribution in [1.82, 2.24) is 9.80 Å². The maximum absolute atomic E-state index is 10.4. The molecule has 0 bridgehead atoms. The molecular weight excluding hydrogens is 398 g/mol. The monoisotopic (exact) mass is 410 g/mol. The first-order chi connectivity index (χ1) is 9.20. The van der Waals surface area contributed by atoms with E-state index in [9.17, 15) is 39.6 Å². The van der Waals surface area contributed by atoms with Gasteiger partial charge in [0, 0.05) is 39.3 Å². The molecule has 0 atom stereocenters. The molecule has 0 aromatic rings. The summed E-state index contributed by atoms with van der Waals surface area (Å²) in [5.74, 6) is -6.12. The summed E-state index contributed by atoms with van der Waals surface area (Å²) >= 11 is 0. The number of rotatable bonds is 11. The predicted molar refractivity (Wildman–Crippen MR) is 65.9 cm³/mol. The molecule has 10 nitrogen and oxygen atoms in total. The molecule has 0 saturated heterocycles. The zero-order valence-electron chi connectivity index (χ0n) is 13.5. The van der Waals surface area contributed by atoms with Gasteiger partial charge in [0.15, 0.2) is 0 Å². The van der Waals surface area contributed by atoms with E-state index in [4.69, 9.17) is 0 Å². The van der Waals surface area contributed by atoms with Crippen LogP contribution in [-0.4, -0.2) is 111 Å². The van der Waals surface area contributed by atoms with Crippen LogP contribution in [-0.2, 0) is 19.2 Å². The molecule has 0 aromatic heterocycles. The Bertz CT molecular complexity index is 337. The molecule has 0 fully saturated rings. The molecule has 0 heterocycles. The Morgan fingerprint density at radius 1 is 0.583 bits per heavy atom. The van der Waals surface area contributed by atoms with E-state index >= 15 is 0 Å². The summed E-state index contributed by atoms with van der Waals surface area (Å²) < 4.78 is 0. The Labute approximate surface area is 218 Å². The molecule has 14 heteroatoms. The average Bonchev–Trinajstić information content (AvgIpc) is 2.22. The van der Waals surface area contributed by atoms with E-state index in [0.717, 1.165) is 9.80 Å². The Balaban J connectivity index is -0.000000301. The van der Waals surface area contributed by atoms with Crippen molar-refractivity contribution >= 4 is 74.0 Å². The van der Waals surface area contributed by atoms with Crippen LogP contribution in [0.3, 0.4) is 0 Å². The summed E-state index contributed by atoms with van der Waals surface area (Å²) in [6, 6.07) is 0. The first kappa shape index (κ1) is 36.3. The van der Waals surface area contributed by atoms with Gasteiger partial charge in [0.25, 0.3) is 0 Å². The fraction of sp³-hybridized carbons (Fsp3) is 0.600. The summed E-state index contributed by atoms with van der Waals surface area (Å²) in [5.41, 5.74) is 0. The van der Waals surface area contributed by atoms with Gasteiger partial charge in [-0.25, -0.2) is 0 Å². The van der Waals surface area contributed by atoms with Gasteiger partial charge in [-0.3, -0.25) is 9.80 Å². The van der Waals surface area contributed by atoms with Crippen molar-refractivity contribution in [2.75, 3.05) is 39.3 Å². The Morgan fingerprint density at radius 3 is 0.875 bits per heavy atom. The van der Waals surface area contributed by atoms with Crippen molar-refractivity contribution in [2.45, 2.75) is 0 Å². The number of nitrogens with zero attached hydrogens (tertiary/aromatic N) is 2. The zero-order valence-corrected chi connectivity index (χ0v) is 20.5. The fourth-order valence-electron chi connectivity index (χ4n) is 1.44. The quantitative estimate of drug-likeness (QED) is 0.298. The molecule has 24 heavy (non-hydrogen) atoms. The van der Waals surface area contributed by atoms with Crippen LogP contribution in [0.4, 0.5) is 0 Å². The number of carboxylic acids is 4. The van der Waals surface area contributed by atoms with Crippen LogP contribution in [0.15, 0.2) is 0 Å². The minimum atomic E-state index is -1.53. The maximum atomic E-state index is 10.4. The summed E-state index contributed by atoms with van der Waals surface area (Å²) in [6.45, 7) is -3.25. The second-order valence-corrected chi connectivity index (χ2v) is 3.91. The van der Waals surface area contributed by atoms with E-state index in [1.165, 1.54) is 0 Å². The molecule has 0 amide bonds. The second kappa shape index (κ2) is 20.7. The summed E-state index contributed by atoms with van der Waals surface area (Å²) in [7, 11) is 0. The molecule has 122 valence electrons. The first-order valence-electron chi connectivity index (χ1n) is 5.44.